The fraction of sp³-hybridized carbons (Fsp3) is 0.412. The molecule has 0 aliphatic heterocycles. The first-order chi connectivity index (χ1) is 11.3. The third-order valence-corrected chi connectivity index (χ3v) is 3.51. The molecule has 1 N–H and O–H groups in total. The number of carbonyl (C=O) groups is 2. The summed E-state index contributed by atoms with van der Waals surface area (Å²) in [4.78, 5) is 32.3. The number of nitrogens with zero attached hydrogens (tertiary/aromatic N) is 3. The standard InChI is InChI=1S/C17H18N4O3/c1-5-11-8-21-12(9-22)13(10-6-7-10)19-15(21)14(18-11)20-16(23)24-17(2,3)4/h1,8-10H,6-7H2,2-4H3,(H,18,20,23). The third-order valence-electron chi connectivity index (χ3n) is 3.51. The number of aldehydes is 1. The molecular weight excluding hydrogens is 308 g/mol. The molecule has 24 heavy (non-hydrogen) atoms. The molecule has 1 aliphatic carbocycles. The van der Waals surface area contributed by atoms with Crippen LogP contribution in [-0.2, 0) is 4.74 Å². The minimum absolute atomic E-state index is 0.176. The topological polar surface area (TPSA) is 85.6 Å². The second kappa shape index (κ2) is 5.64. The number of rotatable bonds is 3. The zero-order chi connectivity index (χ0) is 17.5. The SMILES string of the molecule is C#Cc1cn2c(C=O)c(C3CC3)nc2c(NC(=O)OC(C)(C)C)n1. The Morgan fingerprint density at radius 3 is 2.71 bits per heavy atom. The molecule has 2 heterocycles. The van der Waals surface area contributed by atoms with E-state index >= 15 is 0 Å². The first-order valence-electron chi connectivity index (χ1n) is 7.67. The number of fused-ring (bicyclic) bond motifs is 1. The molecule has 1 amide bonds. The highest BCUT2D eigenvalue weighted by Crippen LogP contribution is 2.41. The van der Waals surface area contributed by atoms with Crippen molar-refractivity contribution in [1.82, 2.24) is 14.4 Å². The van der Waals surface area contributed by atoms with Crippen LogP contribution in [0.3, 0.4) is 0 Å². The van der Waals surface area contributed by atoms with E-state index in [1.165, 1.54) is 0 Å². The Morgan fingerprint density at radius 1 is 1.46 bits per heavy atom. The Hall–Kier alpha value is -2.88. The Balaban J connectivity index is 2.08. The van der Waals surface area contributed by atoms with Crippen molar-refractivity contribution in [2.24, 2.45) is 0 Å². The van der Waals surface area contributed by atoms with Crippen LogP contribution in [0.4, 0.5) is 10.6 Å². The van der Waals surface area contributed by atoms with Crippen LogP contribution in [-0.4, -0.2) is 32.3 Å². The molecule has 1 fully saturated rings. The summed E-state index contributed by atoms with van der Waals surface area (Å²) in [6, 6.07) is 0. The quantitative estimate of drug-likeness (QED) is 0.692. The largest absolute Gasteiger partial charge is 0.444 e. The van der Waals surface area contributed by atoms with Crippen LogP contribution < -0.4 is 5.32 Å². The third kappa shape index (κ3) is 3.08. The van der Waals surface area contributed by atoms with Crippen molar-refractivity contribution >= 4 is 23.8 Å². The summed E-state index contributed by atoms with van der Waals surface area (Å²) >= 11 is 0. The summed E-state index contributed by atoms with van der Waals surface area (Å²) in [6.07, 6.45) is 9.09. The lowest BCUT2D eigenvalue weighted by Gasteiger charge is -2.19. The van der Waals surface area contributed by atoms with Gasteiger partial charge in [0.1, 0.15) is 17.0 Å². The van der Waals surface area contributed by atoms with Crippen LogP contribution >= 0.6 is 0 Å². The number of terminal acetylenes is 1. The van der Waals surface area contributed by atoms with E-state index in [4.69, 9.17) is 11.2 Å². The van der Waals surface area contributed by atoms with Gasteiger partial charge in [-0.05, 0) is 39.5 Å². The molecule has 0 radical (unpaired) electrons. The van der Waals surface area contributed by atoms with Crippen LogP contribution in [0, 0.1) is 12.3 Å². The van der Waals surface area contributed by atoms with E-state index in [1.54, 1.807) is 31.4 Å². The van der Waals surface area contributed by atoms with E-state index in [9.17, 15) is 9.59 Å². The number of amides is 1. The molecule has 1 aliphatic rings. The monoisotopic (exact) mass is 326 g/mol. The van der Waals surface area contributed by atoms with Gasteiger partial charge in [-0.15, -0.1) is 6.42 Å². The van der Waals surface area contributed by atoms with Crippen LogP contribution in [0.25, 0.3) is 5.65 Å². The fourth-order valence-corrected chi connectivity index (χ4v) is 2.41. The van der Waals surface area contributed by atoms with Crippen LogP contribution in [0.1, 0.15) is 61.4 Å². The lowest BCUT2D eigenvalue weighted by atomic mass is 10.2. The van der Waals surface area contributed by atoms with Gasteiger partial charge in [0.25, 0.3) is 0 Å². The Labute approximate surface area is 139 Å². The summed E-state index contributed by atoms with van der Waals surface area (Å²) in [7, 11) is 0. The maximum Gasteiger partial charge on any atom is 0.413 e. The number of imidazole rings is 1. The molecule has 0 unspecified atom stereocenters. The highest BCUT2D eigenvalue weighted by Gasteiger charge is 2.31. The summed E-state index contributed by atoms with van der Waals surface area (Å²) in [5.74, 6) is 2.87. The predicted molar refractivity (Wildman–Crippen MR) is 88.1 cm³/mol. The van der Waals surface area contributed by atoms with Crippen molar-refractivity contribution < 1.29 is 14.3 Å². The first-order valence-corrected chi connectivity index (χ1v) is 7.67. The van der Waals surface area contributed by atoms with E-state index in [-0.39, 0.29) is 17.4 Å². The highest BCUT2D eigenvalue weighted by atomic mass is 16.6. The molecule has 3 rings (SSSR count). The lowest BCUT2D eigenvalue weighted by Crippen LogP contribution is -2.27. The average Bonchev–Trinajstić information content (AvgIpc) is 3.25. The maximum atomic E-state index is 12.0. The van der Waals surface area contributed by atoms with Gasteiger partial charge in [0.15, 0.2) is 17.8 Å². The van der Waals surface area contributed by atoms with Gasteiger partial charge in [0.05, 0.1) is 5.69 Å². The Kier molecular flexibility index (Phi) is 3.76. The molecule has 0 saturated heterocycles. The molecule has 0 atom stereocenters. The van der Waals surface area contributed by atoms with Gasteiger partial charge in [0.2, 0.25) is 0 Å². The average molecular weight is 326 g/mol. The molecule has 0 spiro atoms. The highest BCUT2D eigenvalue weighted by molar-refractivity contribution is 5.89. The van der Waals surface area contributed by atoms with Crippen molar-refractivity contribution in [3.63, 3.8) is 0 Å². The molecule has 0 aromatic carbocycles. The van der Waals surface area contributed by atoms with Crippen LogP contribution in [0.5, 0.6) is 0 Å². The minimum atomic E-state index is -0.658. The fourth-order valence-electron chi connectivity index (χ4n) is 2.41. The molecule has 7 heteroatoms. The lowest BCUT2D eigenvalue weighted by molar-refractivity contribution is 0.0635. The number of carbonyl (C=O) groups excluding carboxylic acids is 2. The molecular formula is C17H18N4O3. The van der Waals surface area contributed by atoms with E-state index in [0.717, 1.165) is 19.1 Å². The van der Waals surface area contributed by atoms with Crippen LogP contribution in [0.15, 0.2) is 6.20 Å². The van der Waals surface area contributed by atoms with Crippen molar-refractivity contribution in [2.45, 2.75) is 45.1 Å². The van der Waals surface area contributed by atoms with Gasteiger partial charge in [-0.1, -0.05) is 0 Å². The Morgan fingerprint density at radius 2 is 2.17 bits per heavy atom. The number of nitrogens with one attached hydrogen (secondary N) is 1. The van der Waals surface area contributed by atoms with Crippen LogP contribution in [0.2, 0.25) is 0 Å². The van der Waals surface area contributed by atoms with Crippen molar-refractivity contribution in [2.75, 3.05) is 5.32 Å². The zero-order valence-corrected chi connectivity index (χ0v) is 13.8. The van der Waals surface area contributed by atoms with Gasteiger partial charge in [-0.2, -0.15) is 0 Å². The minimum Gasteiger partial charge on any atom is -0.444 e. The second-order valence-corrected chi connectivity index (χ2v) is 6.71. The van der Waals surface area contributed by atoms with Gasteiger partial charge in [-0.3, -0.25) is 14.5 Å². The predicted octanol–water partition coefficient (Wildman–Crippen LogP) is 2.75. The Bertz CT molecular complexity index is 867. The van der Waals surface area contributed by atoms with Gasteiger partial charge in [0, 0.05) is 12.1 Å². The van der Waals surface area contributed by atoms with Gasteiger partial charge < -0.3 is 4.74 Å². The van der Waals surface area contributed by atoms with Crippen molar-refractivity contribution in [1.29, 1.82) is 0 Å². The first kappa shape index (κ1) is 16.0. The van der Waals surface area contributed by atoms with Gasteiger partial charge >= 0.3 is 6.09 Å². The van der Waals surface area contributed by atoms with E-state index in [0.29, 0.717) is 17.0 Å². The molecule has 2 aromatic heterocycles. The zero-order valence-electron chi connectivity index (χ0n) is 13.8. The summed E-state index contributed by atoms with van der Waals surface area (Å²) in [6.45, 7) is 5.29. The van der Waals surface area contributed by atoms with Gasteiger partial charge in [-0.25, -0.2) is 14.8 Å². The molecule has 7 nitrogen and oxygen atoms in total. The molecule has 0 bridgehead atoms. The number of aromatic nitrogens is 3. The van der Waals surface area contributed by atoms with E-state index in [2.05, 4.69) is 21.2 Å². The normalized spacial score (nSPS) is 14.2. The van der Waals surface area contributed by atoms with E-state index < -0.39 is 11.7 Å². The number of anilines is 1. The molecule has 1 saturated carbocycles. The summed E-state index contributed by atoms with van der Waals surface area (Å²) in [5, 5.41) is 2.57. The molecule has 124 valence electrons. The number of hydrogen-bond acceptors (Lipinski definition) is 5. The van der Waals surface area contributed by atoms with Crippen molar-refractivity contribution in [3.05, 3.63) is 23.3 Å². The number of ether oxygens (including phenoxy) is 1. The number of hydrogen-bond donors (Lipinski definition) is 1. The smallest absolute Gasteiger partial charge is 0.413 e. The second-order valence-electron chi connectivity index (χ2n) is 6.71. The summed E-state index contributed by atoms with van der Waals surface area (Å²) < 4.78 is 6.82. The summed E-state index contributed by atoms with van der Waals surface area (Å²) in [5.41, 5.74) is 1.18. The van der Waals surface area contributed by atoms with Crippen molar-refractivity contribution in [3.8, 4) is 12.3 Å². The molecule has 2 aromatic rings. The maximum absolute atomic E-state index is 12.0. The van der Waals surface area contributed by atoms with E-state index in [1.807, 2.05) is 0 Å².